The standard InChI is InChI=1S/C15H23NO2/c1-14(2,3)18-16-10-11-6-7-13-12(8-11)9-15(4,5)17-13/h6-8,16H,9-10H2,1-5H3. The first-order valence-electron chi connectivity index (χ1n) is 6.47. The normalized spacial score (nSPS) is 17.4. The van der Waals surface area contributed by atoms with E-state index < -0.39 is 0 Å². The molecule has 1 aliphatic heterocycles. The molecule has 0 aromatic heterocycles. The smallest absolute Gasteiger partial charge is 0.123 e. The first kappa shape index (κ1) is 13.4. The summed E-state index contributed by atoms with van der Waals surface area (Å²) in [6, 6.07) is 6.33. The van der Waals surface area contributed by atoms with E-state index in [0.29, 0.717) is 6.54 Å². The fourth-order valence-corrected chi connectivity index (χ4v) is 2.11. The fraction of sp³-hybridized carbons (Fsp3) is 0.600. The van der Waals surface area contributed by atoms with Gasteiger partial charge in [-0.3, -0.25) is 4.84 Å². The number of ether oxygens (including phenoxy) is 1. The molecule has 1 aromatic rings. The minimum Gasteiger partial charge on any atom is -0.487 e. The van der Waals surface area contributed by atoms with Crippen molar-refractivity contribution in [3.63, 3.8) is 0 Å². The first-order valence-corrected chi connectivity index (χ1v) is 6.47. The number of nitrogens with one attached hydrogen (secondary N) is 1. The van der Waals surface area contributed by atoms with Crippen LogP contribution in [0.5, 0.6) is 5.75 Å². The molecule has 3 nitrogen and oxygen atoms in total. The second-order valence-corrected chi connectivity index (χ2v) is 6.52. The van der Waals surface area contributed by atoms with Gasteiger partial charge in [-0.1, -0.05) is 12.1 Å². The van der Waals surface area contributed by atoms with Crippen LogP contribution in [-0.2, 0) is 17.8 Å². The zero-order chi connectivity index (χ0) is 13.4. The molecule has 0 aliphatic carbocycles. The minimum absolute atomic E-state index is 0.0731. The van der Waals surface area contributed by atoms with Crippen LogP contribution in [0.15, 0.2) is 18.2 Å². The quantitative estimate of drug-likeness (QED) is 0.834. The lowest BCUT2D eigenvalue weighted by molar-refractivity contribution is -0.0757. The molecule has 100 valence electrons. The molecule has 0 spiro atoms. The summed E-state index contributed by atoms with van der Waals surface area (Å²) in [4.78, 5) is 5.51. The zero-order valence-corrected chi connectivity index (χ0v) is 12.0. The van der Waals surface area contributed by atoms with E-state index in [9.17, 15) is 0 Å². The predicted octanol–water partition coefficient (Wildman–Crippen LogP) is 3.22. The molecule has 0 amide bonds. The Morgan fingerprint density at radius 2 is 2.06 bits per heavy atom. The first-order chi connectivity index (χ1) is 8.25. The van der Waals surface area contributed by atoms with Crippen LogP contribution < -0.4 is 10.2 Å². The molecule has 18 heavy (non-hydrogen) atoms. The minimum atomic E-state index is -0.165. The van der Waals surface area contributed by atoms with Gasteiger partial charge in [0.25, 0.3) is 0 Å². The van der Waals surface area contributed by atoms with Gasteiger partial charge < -0.3 is 4.74 Å². The van der Waals surface area contributed by atoms with Crippen LogP contribution in [0.1, 0.15) is 45.7 Å². The van der Waals surface area contributed by atoms with Crippen molar-refractivity contribution in [2.75, 3.05) is 0 Å². The Morgan fingerprint density at radius 3 is 2.72 bits per heavy atom. The van der Waals surface area contributed by atoms with Gasteiger partial charge in [-0.2, -0.15) is 5.48 Å². The van der Waals surface area contributed by atoms with E-state index in [0.717, 1.165) is 12.2 Å². The van der Waals surface area contributed by atoms with Crippen molar-refractivity contribution in [2.24, 2.45) is 0 Å². The lowest BCUT2D eigenvalue weighted by Crippen LogP contribution is -2.28. The van der Waals surface area contributed by atoms with Gasteiger partial charge in [0.05, 0.1) is 5.60 Å². The molecule has 1 aliphatic rings. The highest BCUT2D eigenvalue weighted by Crippen LogP contribution is 2.35. The lowest BCUT2D eigenvalue weighted by atomic mass is 10.0. The molecule has 0 bridgehead atoms. The van der Waals surface area contributed by atoms with E-state index in [1.807, 2.05) is 20.8 Å². The van der Waals surface area contributed by atoms with E-state index in [2.05, 4.69) is 37.5 Å². The highest BCUT2D eigenvalue weighted by Gasteiger charge is 2.29. The maximum absolute atomic E-state index is 5.86. The number of hydrogen-bond acceptors (Lipinski definition) is 3. The van der Waals surface area contributed by atoms with Gasteiger partial charge in [0.1, 0.15) is 11.4 Å². The van der Waals surface area contributed by atoms with E-state index in [4.69, 9.17) is 9.57 Å². The van der Waals surface area contributed by atoms with Crippen molar-refractivity contribution in [1.29, 1.82) is 0 Å². The summed E-state index contributed by atoms with van der Waals surface area (Å²) >= 11 is 0. The summed E-state index contributed by atoms with van der Waals surface area (Å²) in [6.45, 7) is 11.0. The Morgan fingerprint density at radius 1 is 1.33 bits per heavy atom. The van der Waals surface area contributed by atoms with Gasteiger partial charge >= 0.3 is 0 Å². The Bertz CT molecular complexity index is 433. The number of rotatable bonds is 3. The highest BCUT2D eigenvalue weighted by molar-refractivity contribution is 5.41. The molecule has 0 radical (unpaired) electrons. The molecule has 0 saturated carbocycles. The third-order valence-electron chi connectivity index (χ3n) is 2.78. The Balaban J connectivity index is 1.97. The molecular weight excluding hydrogens is 226 g/mol. The molecule has 1 aromatic carbocycles. The van der Waals surface area contributed by atoms with Gasteiger partial charge in [0.15, 0.2) is 0 Å². The maximum atomic E-state index is 5.86. The number of benzene rings is 1. The van der Waals surface area contributed by atoms with Gasteiger partial charge in [0, 0.05) is 13.0 Å². The summed E-state index contributed by atoms with van der Waals surface area (Å²) in [5, 5.41) is 0. The van der Waals surface area contributed by atoms with E-state index in [1.54, 1.807) is 0 Å². The molecule has 3 heteroatoms. The molecule has 0 atom stereocenters. The number of hydrogen-bond donors (Lipinski definition) is 1. The van der Waals surface area contributed by atoms with Gasteiger partial charge in [0.2, 0.25) is 0 Å². The maximum Gasteiger partial charge on any atom is 0.123 e. The highest BCUT2D eigenvalue weighted by atomic mass is 16.7. The second kappa shape index (κ2) is 4.56. The average Bonchev–Trinajstić information content (AvgIpc) is 2.49. The largest absolute Gasteiger partial charge is 0.487 e. The van der Waals surface area contributed by atoms with Crippen LogP contribution in [0, 0.1) is 0 Å². The summed E-state index contributed by atoms with van der Waals surface area (Å²) in [6.07, 6.45) is 0.969. The molecule has 1 heterocycles. The van der Waals surface area contributed by atoms with Gasteiger partial charge in [-0.05, 0) is 51.8 Å². The van der Waals surface area contributed by atoms with Crippen molar-refractivity contribution in [2.45, 2.75) is 58.8 Å². The van der Waals surface area contributed by atoms with Crippen LogP contribution in [0.25, 0.3) is 0 Å². The van der Waals surface area contributed by atoms with Crippen LogP contribution in [0.2, 0.25) is 0 Å². The second-order valence-electron chi connectivity index (χ2n) is 6.52. The van der Waals surface area contributed by atoms with Gasteiger partial charge in [-0.25, -0.2) is 0 Å². The van der Waals surface area contributed by atoms with Crippen molar-refractivity contribution >= 4 is 0 Å². The topological polar surface area (TPSA) is 30.5 Å². The van der Waals surface area contributed by atoms with E-state index in [-0.39, 0.29) is 11.2 Å². The molecule has 0 saturated heterocycles. The van der Waals surface area contributed by atoms with E-state index in [1.165, 1.54) is 11.1 Å². The number of fused-ring (bicyclic) bond motifs is 1. The van der Waals surface area contributed by atoms with Crippen LogP contribution in [0.4, 0.5) is 0 Å². The van der Waals surface area contributed by atoms with Crippen molar-refractivity contribution in [1.82, 2.24) is 5.48 Å². The Labute approximate surface area is 109 Å². The fourth-order valence-electron chi connectivity index (χ4n) is 2.11. The number of hydroxylamine groups is 1. The predicted molar refractivity (Wildman–Crippen MR) is 72.5 cm³/mol. The summed E-state index contributed by atoms with van der Waals surface area (Å²) < 4.78 is 5.86. The molecule has 0 fully saturated rings. The summed E-state index contributed by atoms with van der Waals surface area (Å²) in [5.74, 6) is 1.01. The van der Waals surface area contributed by atoms with Crippen molar-refractivity contribution in [3.8, 4) is 5.75 Å². The monoisotopic (exact) mass is 249 g/mol. The van der Waals surface area contributed by atoms with Crippen molar-refractivity contribution < 1.29 is 9.57 Å². The molecular formula is C15H23NO2. The summed E-state index contributed by atoms with van der Waals surface area (Å²) in [5.41, 5.74) is 5.28. The van der Waals surface area contributed by atoms with E-state index >= 15 is 0 Å². The van der Waals surface area contributed by atoms with Crippen LogP contribution >= 0.6 is 0 Å². The van der Waals surface area contributed by atoms with Crippen LogP contribution in [0.3, 0.4) is 0 Å². The summed E-state index contributed by atoms with van der Waals surface area (Å²) in [7, 11) is 0. The third-order valence-corrected chi connectivity index (χ3v) is 2.78. The zero-order valence-electron chi connectivity index (χ0n) is 12.0. The third kappa shape index (κ3) is 3.47. The lowest BCUT2D eigenvalue weighted by Gasteiger charge is -2.19. The van der Waals surface area contributed by atoms with Crippen molar-refractivity contribution in [3.05, 3.63) is 29.3 Å². The Kier molecular flexibility index (Phi) is 3.39. The Hall–Kier alpha value is -1.06. The SMILES string of the molecule is CC(C)(C)ONCc1ccc2c(c1)CC(C)(C)O2. The van der Waals surface area contributed by atoms with Crippen LogP contribution in [-0.4, -0.2) is 11.2 Å². The molecule has 0 unspecified atom stereocenters. The molecule has 2 rings (SSSR count). The molecule has 1 N–H and O–H groups in total. The van der Waals surface area contributed by atoms with Gasteiger partial charge in [-0.15, -0.1) is 0 Å². The average molecular weight is 249 g/mol.